The van der Waals surface area contributed by atoms with Crippen molar-refractivity contribution < 1.29 is 83.2 Å². The molecule has 57 heavy (non-hydrogen) atoms. The lowest BCUT2D eigenvalue weighted by Gasteiger charge is -2.48. The van der Waals surface area contributed by atoms with Crippen LogP contribution in [0.2, 0.25) is 0 Å². The molecule has 2 saturated heterocycles. The quantitative estimate of drug-likeness (QED) is 0.0872. The zero-order valence-electron chi connectivity index (χ0n) is 30.9. The molecule has 0 saturated carbocycles. The van der Waals surface area contributed by atoms with E-state index < -0.39 is 91.8 Å². The second kappa shape index (κ2) is 17.6. The van der Waals surface area contributed by atoms with Crippen LogP contribution in [-0.4, -0.2) is 143 Å². The summed E-state index contributed by atoms with van der Waals surface area (Å²) in [5, 5.41) is 84.5. The molecule has 0 amide bonds. The third kappa shape index (κ3) is 8.64. The normalized spacial score (nSPS) is 30.0. The number of rotatable bonds is 12. The third-order valence-corrected chi connectivity index (χ3v) is 10.1. The lowest BCUT2D eigenvalue weighted by molar-refractivity contribution is -0.344. The maximum Gasteiger partial charge on any atom is 0.330 e. The minimum atomic E-state index is -1.93. The first-order valence-electron chi connectivity index (χ1n) is 17.8. The van der Waals surface area contributed by atoms with Gasteiger partial charge in [-0.2, -0.15) is 0 Å². The van der Waals surface area contributed by atoms with Crippen LogP contribution in [-0.2, 0) is 34.9 Å². The number of carbonyl (C=O) groups excluding carboxylic acids is 1. The van der Waals surface area contributed by atoms with Crippen LogP contribution < -0.4 is 14.9 Å². The van der Waals surface area contributed by atoms with Crippen molar-refractivity contribution in [2.45, 2.75) is 67.6 Å². The van der Waals surface area contributed by atoms with Crippen molar-refractivity contribution in [1.29, 1.82) is 0 Å². The molecule has 3 aliphatic rings. The van der Waals surface area contributed by atoms with Crippen LogP contribution in [0.5, 0.6) is 23.0 Å². The van der Waals surface area contributed by atoms with Crippen LogP contribution >= 0.6 is 0 Å². The highest BCUT2D eigenvalue weighted by Crippen LogP contribution is 2.40. The average molecular weight is 801 g/mol. The van der Waals surface area contributed by atoms with E-state index in [9.17, 15) is 50.4 Å². The molecule has 2 aromatic carbocycles. The number of benzene rings is 2. The van der Waals surface area contributed by atoms with Gasteiger partial charge in [0.15, 0.2) is 23.2 Å². The number of methoxy groups -OCH3 is 3. The number of esters is 1. The van der Waals surface area contributed by atoms with E-state index in [2.05, 4.69) is 0 Å². The monoisotopic (exact) mass is 800 g/mol. The fraction of sp³-hybridized carbons (Fsp3) is 0.436. The van der Waals surface area contributed by atoms with Crippen molar-refractivity contribution in [1.82, 2.24) is 0 Å². The molecule has 0 bridgehead atoms. The summed E-state index contributed by atoms with van der Waals surface area (Å²) in [6.07, 6.45) is -12.9. The first kappa shape index (κ1) is 41.6. The van der Waals surface area contributed by atoms with Gasteiger partial charge in [0.05, 0.1) is 34.0 Å². The highest BCUT2D eigenvalue weighted by Gasteiger charge is 2.53. The van der Waals surface area contributed by atoms with Gasteiger partial charge < -0.3 is 78.4 Å². The van der Waals surface area contributed by atoms with Crippen molar-refractivity contribution in [2.24, 2.45) is 5.92 Å². The van der Waals surface area contributed by atoms with E-state index in [1.165, 1.54) is 63.8 Å². The Morgan fingerprint density at radius 3 is 2.14 bits per heavy atom. The minimum absolute atomic E-state index is 0.0245. The molecule has 11 unspecified atom stereocenters. The second-order valence-corrected chi connectivity index (χ2v) is 13.6. The molecule has 2 aliphatic heterocycles. The van der Waals surface area contributed by atoms with Gasteiger partial charge in [0.2, 0.25) is 5.75 Å². The summed E-state index contributed by atoms with van der Waals surface area (Å²) in [6.45, 7) is -1.37. The lowest BCUT2D eigenvalue weighted by atomic mass is 9.80. The van der Waals surface area contributed by atoms with Crippen molar-refractivity contribution in [2.75, 3.05) is 34.5 Å². The Kier molecular flexibility index (Phi) is 12.9. The van der Waals surface area contributed by atoms with Crippen molar-refractivity contribution >= 4 is 18.1 Å². The van der Waals surface area contributed by atoms with Crippen LogP contribution in [0.4, 0.5) is 0 Å². The molecule has 0 spiro atoms. The fourth-order valence-corrected chi connectivity index (χ4v) is 6.98. The Morgan fingerprint density at radius 1 is 0.842 bits per heavy atom. The van der Waals surface area contributed by atoms with E-state index in [1.807, 2.05) is 0 Å². The number of phenols is 2. The van der Waals surface area contributed by atoms with E-state index in [0.29, 0.717) is 11.1 Å². The van der Waals surface area contributed by atoms with Gasteiger partial charge in [-0.15, -0.1) is 0 Å². The average Bonchev–Trinajstić information content (AvgIpc) is 3.21. The van der Waals surface area contributed by atoms with Gasteiger partial charge in [-0.25, -0.2) is 4.79 Å². The standard InChI is InChI=1S/C39H44O18/c1-50-24-14-25-20(22(42)13-23(54-25)18-5-7-19(41)8-6-18)12-21(24)37-38(35(48)32(45)28(15-40)55-37)57-39-36(49)34(47)33(46)29(56-39)16-53-30(43)9-4-17-10-26(51-2)31(44)27(11-17)52-3/h4-11,13-14,21,28-29,32-41,44-49H,12,15-16H2,1-3H3. The molecule has 8 N–H and O–H groups in total. The van der Waals surface area contributed by atoms with E-state index in [1.54, 1.807) is 12.1 Å². The highest BCUT2D eigenvalue weighted by atomic mass is 16.7. The van der Waals surface area contributed by atoms with Gasteiger partial charge >= 0.3 is 5.97 Å². The van der Waals surface area contributed by atoms with Crippen LogP contribution in [0, 0.1) is 5.92 Å². The van der Waals surface area contributed by atoms with Gasteiger partial charge in [-0.1, -0.05) is 0 Å². The molecule has 308 valence electrons. The van der Waals surface area contributed by atoms with E-state index >= 15 is 0 Å². The summed E-state index contributed by atoms with van der Waals surface area (Å²) in [6, 6.07) is 10.2. The molecule has 0 radical (unpaired) electrons. The highest BCUT2D eigenvalue weighted by molar-refractivity contribution is 5.87. The summed E-state index contributed by atoms with van der Waals surface area (Å²) in [5.74, 6) is -1.27. The smallest absolute Gasteiger partial charge is 0.330 e. The number of aromatic hydroxyl groups is 2. The SMILES string of the molecule is COC1=Cc2oc(-c3ccc(O)cc3)cc(=O)c2CC1C1OC(CO)C(O)C(O)C1OC1OC(COC(=O)C=Cc2cc(OC)c(O)c(OC)c2)C(O)C(O)C1O. The number of phenolic OH excluding ortho intramolecular Hbond substituents is 2. The fourth-order valence-electron chi connectivity index (χ4n) is 6.98. The molecule has 3 heterocycles. The van der Waals surface area contributed by atoms with Gasteiger partial charge in [0.25, 0.3) is 0 Å². The summed E-state index contributed by atoms with van der Waals surface area (Å²) in [4.78, 5) is 26.1. The topological polar surface area (TPSA) is 274 Å². The number of fused-ring (bicyclic) bond motifs is 1. The Balaban J connectivity index is 1.21. The Morgan fingerprint density at radius 2 is 1.51 bits per heavy atom. The van der Waals surface area contributed by atoms with Crippen molar-refractivity contribution in [3.63, 3.8) is 0 Å². The maximum absolute atomic E-state index is 13.5. The number of ether oxygens (including phenoxy) is 7. The number of hydrogen-bond donors (Lipinski definition) is 8. The first-order chi connectivity index (χ1) is 27.3. The van der Waals surface area contributed by atoms with E-state index in [-0.39, 0.29) is 52.3 Å². The lowest BCUT2D eigenvalue weighted by Crippen LogP contribution is -2.65. The Labute approximate surface area is 324 Å². The molecule has 1 aliphatic carbocycles. The molecule has 6 rings (SSSR count). The number of aliphatic hydroxyl groups is 6. The van der Waals surface area contributed by atoms with Gasteiger partial charge in [-0.05, 0) is 54.5 Å². The van der Waals surface area contributed by atoms with Crippen LogP contribution in [0.25, 0.3) is 23.5 Å². The van der Waals surface area contributed by atoms with Crippen LogP contribution in [0.15, 0.2) is 63.5 Å². The van der Waals surface area contributed by atoms with E-state index in [0.717, 1.165) is 6.08 Å². The van der Waals surface area contributed by atoms with Gasteiger partial charge in [0.1, 0.15) is 78.5 Å². The zero-order valence-corrected chi connectivity index (χ0v) is 30.9. The Hall–Kier alpha value is -5.02. The molecule has 1 aromatic heterocycles. The van der Waals surface area contributed by atoms with Gasteiger partial charge in [-0.3, -0.25) is 4.79 Å². The molecule has 2 fully saturated rings. The minimum Gasteiger partial charge on any atom is -0.508 e. The predicted octanol–water partition coefficient (Wildman–Crippen LogP) is -0.174. The van der Waals surface area contributed by atoms with Crippen molar-refractivity contribution in [3.8, 4) is 34.3 Å². The summed E-state index contributed by atoms with van der Waals surface area (Å²) in [7, 11) is 4.03. The predicted molar refractivity (Wildman–Crippen MR) is 195 cm³/mol. The molecular formula is C39H44O18. The molecule has 18 nitrogen and oxygen atoms in total. The molecular weight excluding hydrogens is 756 g/mol. The maximum atomic E-state index is 13.5. The number of carbonyl (C=O) groups is 1. The third-order valence-electron chi connectivity index (χ3n) is 10.1. The summed E-state index contributed by atoms with van der Waals surface area (Å²) >= 11 is 0. The second-order valence-electron chi connectivity index (χ2n) is 13.6. The van der Waals surface area contributed by atoms with Gasteiger partial charge in [0, 0.05) is 35.3 Å². The van der Waals surface area contributed by atoms with Crippen LogP contribution in [0.1, 0.15) is 16.9 Å². The summed E-state index contributed by atoms with van der Waals surface area (Å²) < 4.78 is 45.1. The van der Waals surface area contributed by atoms with E-state index in [4.69, 9.17) is 37.6 Å². The molecule has 11 atom stereocenters. The summed E-state index contributed by atoms with van der Waals surface area (Å²) in [5.41, 5.74) is 0.717. The molecule has 18 heteroatoms. The molecule has 3 aromatic rings. The van der Waals surface area contributed by atoms with Crippen LogP contribution in [0.3, 0.4) is 0 Å². The van der Waals surface area contributed by atoms with Crippen molar-refractivity contribution in [3.05, 3.63) is 81.4 Å². The zero-order chi connectivity index (χ0) is 41.1. The first-order valence-corrected chi connectivity index (χ1v) is 17.8. The Bertz CT molecular complexity index is 1980. The number of aliphatic hydroxyl groups excluding tert-OH is 6. The largest absolute Gasteiger partial charge is 0.508 e. The number of hydrogen-bond acceptors (Lipinski definition) is 18.